The fourth-order valence-corrected chi connectivity index (χ4v) is 10.7. The SMILES string of the molecule is CCCCCCCCCCCCCC(=O)N[C@@H](CCCNC(=N)N)C(=O)N[C@@H](Cc1c[nH]cn1)C(=O)N[C@@H](CCCCN)C(=O)N[C@@H](CCCNC(=N)N)C(=O)N[C@@H](Cc1c[nH]cn1)C(=O)N[C@@H](CCCCN)C(=O)NCC(=O)N[C@@H](Cc1c[nH]cn1)C(=O)N[C@@H](CCCCN)C(=O)O. The summed E-state index contributed by atoms with van der Waals surface area (Å²) < 4.78 is 0. The Bertz CT molecular complexity index is 2860. The number of carbonyl (C=O) groups is 10. The van der Waals surface area contributed by atoms with Crippen LogP contribution in [0.5, 0.6) is 0 Å². The molecule has 0 saturated heterocycles. The third-order valence-electron chi connectivity index (χ3n) is 16.2. The van der Waals surface area contributed by atoms with Crippen LogP contribution in [0.3, 0.4) is 0 Å². The van der Waals surface area contributed by atoms with Gasteiger partial charge in [-0.15, -0.1) is 0 Å². The van der Waals surface area contributed by atoms with Gasteiger partial charge in [0.25, 0.3) is 0 Å². The standard InChI is InChI=1S/C64H112N24O11/c1-2-3-4-5-6-7-8-9-10-11-12-26-53(89)81-46(24-19-30-75-63(68)69)56(92)87-52(34-44-37-74-41-80-44)61(97)85-47(22-14-17-28-66)57(93)84-48(25-20-31-76-64(70)71)58(94)88-51(33-43-36-73-40-79-43)60(96)83-45(21-13-16-27-65)55(91)77-38-54(90)82-50(32-42-35-72-39-78-42)59(95)86-49(62(98)99)23-15-18-29-67/h35-37,39-41,45-52H,2-34,38,65-67H2,1H3,(H,72,78)(H,73,79)(H,74,80)(H,77,91)(H,81,89)(H,82,90)(H,83,96)(H,84,93)(H,85,97)(H,86,95)(H,87,92)(H,88,94)(H,98,99)(H4,68,69,75)(H4,70,71,76)/t45-,46-,47-,48-,49-,50-,51-,52-/m0/s1. The highest BCUT2D eigenvalue weighted by Gasteiger charge is 2.35. The molecule has 0 aliphatic heterocycles. The number of aromatic amines is 3. The van der Waals surface area contributed by atoms with Gasteiger partial charge < -0.3 is 107 Å². The van der Waals surface area contributed by atoms with Crippen LogP contribution in [0.4, 0.5) is 0 Å². The maximum absolute atomic E-state index is 14.7. The zero-order valence-electron chi connectivity index (χ0n) is 57.4. The van der Waals surface area contributed by atoms with Crippen LogP contribution in [0.2, 0.25) is 0 Å². The van der Waals surface area contributed by atoms with Crippen molar-refractivity contribution in [2.24, 2.45) is 28.7 Å². The van der Waals surface area contributed by atoms with Gasteiger partial charge in [0.05, 0.1) is 42.6 Å². The summed E-state index contributed by atoms with van der Waals surface area (Å²) in [4.78, 5) is 161. The zero-order valence-corrected chi connectivity index (χ0v) is 57.4. The summed E-state index contributed by atoms with van der Waals surface area (Å²) >= 11 is 0. The van der Waals surface area contributed by atoms with E-state index in [1.54, 1.807) is 0 Å². The number of hydrogen-bond acceptors (Lipinski definition) is 18. The first-order chi connectivity index (χ1) is 47.7. The largest absolute Gasteiger partial charge is 0.480 e. The van der Waals surface area contributed by atoms with Gasteiger partial charge in [-0.3, -0.25) is 54.0 Å². The molecule has 8 atom stereocenters. The number of carboxylic acids is 1. The molecule has 0 radical (unpaired) electrons. The van der Waals surface area contributed by atoms with Gasteiger partial charge in [0.2, 0.25) is 53.2 Å². The van der Waals surface area contributed by atoms with Crippen molar-refractivity contribution in [1.82, 2.24) is 88.4 Å². The Morgan fingerprint density at radius 1 is 0.394 bits per heavy atom. The fourth-order valence-electron chi connectivity index (χ4n) is 10.7. The topological polar surface area (TPSA) is 587 Å². The summed E-state index contributed by atoms with van der Waals surface area (Å²) in [5, 5.41) is 54.5. The quantitative estimate of drug-likeness (QED) is 0.0175. The van der Waals surface area contributed by atoms with Crippen LogP contribution in [0.15, 0.2) is 37.6 Å². The average molecular weight is 1390 g/mol. The molecule has 0 aliphatic carbocycles. The minimum atomic E-state index is -1.48. The molecule has 3 heterocycles. The van der Waals surface area contributed by atoms with Crippen molar-refractivity contribution in [3.63, 3.8) is 0 Å². The van der Waals surface area contributed by atoms with E-state index in [1.807, 2.05) is 0 Å². The number of aromatic nitrogens is 6. The van der Waals surface area contributed by atoms with Crippen molar-refractivity contribution < 1.29 is 53.1 Å². The third kappa shape index (κ3) is 36.8. The van der Waals surface area contributed by atoms with E-state index in [0.29, 0.717) is 75.0 Å². The molecule has 554 valence electrons. The van der Waals surface area contributed by atoms with E-state index in [1.165, 1.54) is 76.1 Å². The fraction of sp³-hybridized carbons (Fsp3) is 0.672. The lowest BCUT2D eigenvalue weighted by molar-refractivity contribution is -0.142. The smallest absolute Gasteiger partial charge is 0.326 e. The number of nitrogens with one attached hydrogen (secondary N) is 16. The molecule has 0 spiro atoms. The van der Waals surface area contributed by atoms with Crippen LogP contribution in [-0.4, -0.2) is 194 Å². The summed E-state index contributed by atoms with van der Waals surface area (Å²) in [6.45, 7) is 2.56. The van der Waals surface area contributed by atoms with Crippen LogP contribution >= 0.6 is 0 Å². The number of guanidine groups is 2. The van der Waals surface area contributed by atoms with Crippen molar-refractivity contribution >= 4 is 71.1 Å². The normalized spacial score (nSPS) is 13.5. The Kier molecular flexibility index (Phi) is 42.5. The molecule has 9 amide bonds. The number of unbranched alkanes of at least 4 members (excludes halogenated alkanes) is 13. The number of nitrogens with zero attached hydrogens (tertiary/aromatic N) is 3. The molecule has 3 rings (SSSR count). The lowest BCUT2D eigenvalue weighted by Gasteiger charge is -2.28. The Hall–Kier alpha value is -9.25. The first kappa shape index (κ1) is 84.0. The summed E-state index contributed by atoms with van der Waals surface area (Å²) in [5.74, 6) is -8.88. The predicted octanol–water partition coefficient (Wildman–Crippen LogP) is -1.42. The number of rotatable bonds is 56. The first-order valence-corrected chi connectivity index (χ1v) is 34.8. The van der Waals surface area contributed by atoms with E-state index >= 15 is 0 Å². The number of nitrogens with two attached hydrogens (primary N) is 5. The molecule has 0 aromatic carbocycles. The van der Waals surface area contributed by atoms with Crippen LogP contribution < -0.4 is 87.2 Å². The highest BCUT2D eigenvalue weighted by atomic mass is 16.4. The van der Waals surface area contributed by atoms with Gasteiger partial charge in [0.15, 0.2) is 11.9 Å². The number of amides is 9. The number of H-pyrrole nitrogens is 3. The lowest BCUT2D eigenvalue weighted by Crippen LogP contribution is -2.60. The minimum absolute atomic E-state index is 0.00255. The Balaban J connectivity index is 1.89. The van der Waals surface area contributed by atoms with Crippen LogP contribution in [0, 0.1) is 10.8 Å². The van der Waals surface area contributed by atoms with E-state index in [4.69, 9.17) is 39.5 Å². The van der Waals surface area contributed by atoms with Crippen molar-refractivity contribution in [3.8, 4) is 0 Å². The minimum Gasteiger partial charge on any atom is -0.480 e. The van der Waals surface area contributed by atoms with Gasteiger partial charge in [0, 0.05) is 57.4 Å². The summed E-state index contributed by atoms with van der Waals surface area (Å²) in [6.07, 6.45) is 23.1. The summed E-state index contributed by atoms with van der Waals surface area (Å²) in [5.41, 5.74) is 29.4. The summed E-state index contributed by atoms with van der Waals surface area (Å²) in [7, 11) is 0. The third-order valence-corrected chi connectivity index (χ3v) is 16.2. The Labute approximate surface area is 578 Å². The molecule has 35 heteroatoms. The van der Waals surface area contributed by atoms with Crippen molar-refractivity contribution in [1.29, 1.82) is 10.8 Å². The molecule has 0 unspecified atom stereocenters. The van der Waals surface area contributed by atoms with Gasteiger partial charge in [-0.25, -0.2) is 19.7 Å². The molecule has 35 nitrogen and oxygen atoms in total. The predicted molar refractivity (Wildman–Crippen MR) is 371 cm³/mol. The first-order valence-electron chi connectivity index (χ1n) is 34.8. The molecule has 0 aliphatic rings. The highest BCUT2D eigenvalue weighted by Crippen LogP contribution is 2.15. The van der Waals surface area contributed by atoms with Crippen molar-refractivity contribution in [3.05, 3.63) is 54.7 Å². The molecule has 3 aromatic rings. The van der Waals surface area contributed by atoms with Gasteiger partial charge in [0.1, 0.15) is 48.3 Å². The van der Waals surface area contributed by atoms with E-state index in [9.17, 15) is 53.1 Å². The maximum Gasteiger partial charge on any atom is 0.326 e. The molecule has 99 heavy (non-hydrogen) atoms. The van der Waals surface area contributed by atoms with Crippen molar-refractivity contribution in [2.75, 3.05) is 39.3 Å². The monoisotopic (exact) mass is 1390 g/mol. The van der Waals surface area contributed by atoms with Gasteiger partial charge in [-0.1, -0.05) is 71.1 Å². The van der Waals surface area contributed by atoms with E-state index < -0.39 is 108 Å². The number of hydrogen-bond donors (Lipinski definition) is 22. The second kappa shape index (κ2) is 50.1. The van der Waals surface area contributed by atoms with Crippen molar-refractivity contribution in [2.45, 2.75) is 235 Å². The van der Waals surface area contributed by atoms with Crippen LogP contribution in [-0.2, 0) is 67.2 Å². The number of carboxylic acid groups (broad SMARTS) is 1. The maximum atomic E-state index is 14.7. The highest BCUT2D eigenvalue weighted by molar-refractivity contribution is 5.98. The number of aliphatic carboxylic acids is 1. The second-order valence-corrected chi connectivity index (χ2v) is 24.6. The van der Waals surface area contributed by atoms with Gasteiger partial charge >= 0.3 is 5.97 Å². The number of imidazole rings is 3. The van der Waals surface area contributed by atoms with E-state index in [-0.39, 0.29) is 108 Å². The van der Waals surface area contributed by atoms with Gasteiger partial charge in [-0.2, -0.15) is 0 Å². The van der Waals surface area contributed by atoms with E-state index in [0.717, 1.165) is 25.7 Å². The molecule has 0 fully saturated rings. The van der Waals surface area contributed by atoms with Crippen LogP contribution in [0.1, 0.15) is 185 Å². The van der Waals surface area contributed by atoms with Crippen LogP contribution in [0.25, 0.3) is 0 Å². The van der Waals surface area contributed by atoms with E-state index in [2.05, 4.69) is 95.3 Å². The Morgan fingerprint density at radius 2 is 0.707 bits per heavy atom. The molecule has 0 bridgehead atoms. The molecular weight excluding hydrogens is 1280 g/mol. The second-order valence-electron chi connectivity index (χ2n) is 24.6. The lowest BCUT2D eigenvalue weighted by atomic mass is 10.0. The number of carbonyl (C=O) groups excluding carboxylic acids is 9. The Morgan fingerprint density at radius 3 is 1.07 bits per heavy atom. The molecule has 27 N–H and O–H groups in total. The average Bonchev–Trinajstić information content (AvgIpc) is 1.89. The molecule has 0 saturated carbocycles. The molecule has 3 aromatic heterocycles. The van der Waals surface area contributed by atoms with Gasteiger partial charge in [-0.05, 0) is 110 Å². The summed E-state index contributed by atoms with van der Waals surface area (Å²) in [6, 6.07) is -10.7. The zero-order chi connectivity index (χ0) is 72.6. The molecular formula is C64H112N24O11.